The highest BCUT2D eigenvalue weighted by Gasteiger charge is 2.16. The van der Waals surface area contributed by atoms with E-state index in [-0.39, 0.29) is 11.8 Å². The van der Waals surface area contributed by atoms with Crippen molar-refractivity contribution in [3.8, 4) is 0 Å². The Morgan fingerprint density at radius 1 is 1.48 bits per heavy atom. The fraction of sp³-hybridized carbons (Fsp3) is 0.333. The molecule has 1 aromatic rings. The number of hydrogen-bond acceptors (Lipinski definition) is 3. The van der Waals surface area contributed by atoms with E-state index >= 15 is 0 Å². The number of rotatable bonds is 6. The van der Waals surface area contributed by atoms with Crippen molar-refractivity contribution in [1.29, 1.82) is 0 Å². The zero-order chi connectivity index (χ0) is 16.0. The summed E-state index contributed by atoms with van der Waals surface area (Å²) >= 11 is 6.13. The molecule has 0 radical (unpaired) electrons. The van der Waals surface area contributed by atoms with E-state index in [4.69, 9.17) is 16.7 Å². The predicted molar refractivity (Wildman–Crippen MR) is 84.6 cm³/mol. The molecule has 1 atom stereocenters. The van der Waals surface area contributed by atoms with Crippen LogP contribution in [0, 0.1) is 5.92 Å². The number of aliphatic carboxylic acids is 1. The third-order valence-corrected chi connectivity index (χ3v) is 3.41. The number of halogens is 1. The third-order valence-electron chi connectivity index (χ3n) is 3.08. The lowest BCUT2D eigenvalue weighted by atomic mass is 10.1. The number of carbonyl (C=O) groups excluding carboxylic acids is 1. The second kappa shape index (κ2) is 7.69. The van der Waals surface area contributed by atoms with Crippen molar-refractivity contribution in [3.05, 3.63) is 34.9 Å². The Balaban J connectivity index is 3.03. The Kier molecular flexibility index (Phi) is 6.24. The summed E-state index contributed by atoms with van der Waals surface area (Å²) in [5, 5.41) is 11.8. The highest BCUT2D eigenvalue weighted by molar-refractivity contribution is 6.32. The van der Waals surface area contributed by atoms with Gasteiger partial charge in [0.2, 0.25) is 5.91 Å². The second-order valence-corrected chi connectivity index (χ2v) is 5.15. The molecule has 0 aliphatic rings. The van der Waals surface area contributed by atoms with Gasteiger partial charge in [-0.25, -0.2) is 4.79 Å². The van der Waals surface area contributed by atoms with Crippen LogP contribution in [0.25, 0.3) is 6.08 Å². The minimum atomic E-state index is -1.04. The topological polar surface area (TPSA) is 69.6 Å². The van der Waals surface area contributed by atoms with Gasteiger partial charge in [-0.3, -0.25) is 4.79 Å². The molecule has 0 aromatic heterocycles. The molecule has 1 amide bonds. The number of hydrogen-bond donors (Lipinski definition) is 2. The molecule has 0 spiro atoms. The van der Waals surface area contributed by atoms with Gasteiger partial charge in [0.25, 0.3) is 0 Å². The first kappa shape index (κ1) is 17.0. The number of anilines is 1. The van der Waals surface area contributed by atoms with Crippen LogP contribution in [0.1, 0.15) is 12.5 Å². The summed E-state index contributed by atoms with van der Waals surface area (Å²) in [4.78, 5) is 24.1. The van der Waals surface area contributed by atoms with Crippen molar-refractivity contribution >= 4 is 35.2 Å². The number of benzene rings is 1. The van der Waals surface area contributed by atoms with Gasteiger partial charge in [0.15, 0.2) is 0 Å². The van der Waals surface area contributed by atoms with Crippen LogP contribution < -0.4 is 10.2 Å². The first-order chi connectivity index (χ1) is 9.86. The molecule has 1 unspecified atom stereocenters. The van der Waals surface area contributed by atoms with E-state index in [0.717, 1.165) is 11.8 Å². The van der Waals surface area contributed by atoms with Gasteiger partial charge < -0.3 is 15.3 Å². The molecule has 0 fully saturated rings. The van der Waals surface area contributed by atoms with E-state index in [1.54, 1.807) is 19.2 Å². The van der Waals surface area contributed by atoms with E-state index in [0.29, 0.717) is 17.1 Å². The van der Waals surface area contributed by atoms with Crippen LogP contribution in [0.2, 0.25) is 5.02 Å². The summed E-state index contributed by atoms with van der Waals surface area (Å²) in [6.07, 6.45) is 2.50. The van der Waals surface area contributed by atoms with E-state index in [1.807, 2.05) is 24.9 Å². The molecule has 0 bridgehead atoms. The molecule has 0 saturated heterocycles. The fourth-order valence-corrected chi connectivity index (χ4v) is 2.25. The average molecular weight is 311 g/mol. The minimum absolute atomic E-state index is 0.0495. The maximum Gasteiger partial charge on any atom is 0.328 e. The highest BCUT2D eigenvalue weighted by Crippen LogP contribution is 2.28. The molecule has 21 heavy (non-hydrogen) atoms. The van der Waals surface area contributed by atoms with Gasteiger partial charge in [-0.05, 0) is 18.2 Å². The largest absolute Gasteiger partial charge is 0.478 e. The zero-order valence-corrected chi connectivity index (χ0v) is 13.0. The van der Waals surface area contributed by atoms with Crippen LogP contribution in [-0.4, -0.2) is 37.6 Å². The molecule has 2 N–H and O–H groups in total. The van der Waals surface area contributed by atoms with E-state index in [2.05, 4.69) is 5.32 Å². The standard InChI is InChI=1S/C15H19ClN2O3/c1-10(15(21)17-2)9-18(3)13-6-4-5-12(16)11(13)7-8-14(19)20/h4-8,10H,9H2,1-3H3,(H,17,21)(H,19,20)/b8-7+. The van der Waals surface area contributed by atoms with Crippen molar-refractivity contribution in [3.63, 3.8) is 0 Å². The maximum atomic E-state index is 11.6. The maximum absolute atomic E-state index is 11.6. The summed E-state index contributed by atoms with van der Waals surface area (Å²) < 4.78 is 0. The molecule has 0 aliphatic heterocycles. The Morgan fingerprint density at radius 2 is 2.14 bits per heavy atom. The first-order valence-electron chi connectivity index (χ1n) is 6.49. The number of nitrogens with zero attached hydrogens (tertiary/aromatic N) is 1. The summed E-state index contributed by atoms with van der Waals surface area (Å²) in [5.41, 5.74) is 1.39. The summed E-state index contributed by atoms with van der Waals surface area (Å²) in [5.74, 6) is -1.29. The van der Waals surface area contributed by atoms with Gasteiger partial charge in [-0.2, -0.15) is 0 Å². The van der Waals surface area contributed by atoms with Crippen LogP contribution in [-0.2, 0) is 9.59 Å². The second-order valence-electron chi connectivity index (χ2n) is 4.74. The van der Waals surface area contributed by atoms with Crippen LogP contribution in [0.5, 0.6) is 0 Å². The van der Waals surface area contributed by atoms with Crippen molar-refractivity contribution in [2.75, 3.05) is 25.5 Å². The van der Waals surface area contributed by atoms with Gasteiger partial charge in [0, 0.05) is 43.0 Å². The monoisotopic (exact) mass is 310 g/mol. The Hall–Kier alpha value is -2.01. The predicted octanol–water partition coefficient (Wildman–Crippen LogP) is 2.26. The number of nitrogens with one attached hydrogen (secondary N) is 1. The quantitative estimate of drug-likeness (QED) is 0.791. The van der Waals surface area contributed by atoms with E-state index in [1.165, 1.54) is 6.08 Å². The molecule has 0 saturated carbocycles. The SMILES string of the molecule is CNC(=O)C(C)CN(C)c1cccc(Cl)c1/C=C/C(=O)O. The lowest BCUT2D eigenvalue weighted by Gasteiger charge is -2.24. The Labute approximate surface area is 129 Å². The molecule has 1 aromatic carbocycles. The molecular weight excluding hydrogens is 292 g/mol. The Morgan fingerprint density at radius 3 is 2.71 bits per heavy atom. The number of carbonyl (C=O) groups is 2. The van der Waals surface area contributed by atoms with Crippen molar-refractivity contribution in [2.45, 2.75) is 6.92 Å². The summed E-state index contributed by atoms with van der Waals surface area (Å²) in [6, 6.07) is 5.32. The zero-order valence-electron chi connectivity index (χ0n) is 12.3. The van der Waals surface area contributed by atoms with Crippen LogP contribution in [0.15, 0.2) is 24.3 Å². The van der Waals surface area contributed by atoms with Gasteiger partial charge >= 0.3 is 5.97 Å². The molecule has 0 heterocycles. The van der Waals surface area contributed by atoms with Crippen molar-refractivity contribution in [1.82, 2.24) is 5.32 Å². The number of carboxylic acid groups (broad SMARTS) is 1. The number of carboxylic acids is 1. The lowest BCUT2D eigenvalue weighted by Crippen LogP contribution is -2.34. The normalized spacial score (nSPS) is 12.2. The van der Waals surface area contributed by atoms with Crippen molar-refractivity contribution in [2.24, 2.45) is 5.92 Å². The molecular formula is C15H19ClN2O3. The molecule has 6 heteroatoms. The first-order valence-corrected chi connectivity index (χ1v) is 6.86. The smallest absolute Gasteiger partial charge is 0.328 e. The molecule has 5 nitrogen and oxygen atoms in total. The van der Waals surface area contributed by atoms with E-state index in [9.17, 15) is 9.59 Å². The Bertz CT molecular complexity index is 558. The molecule has 0 aliphatic carbocycles. The van der Waals surface area contributed by atoms with Gasteiger partial charge in [0.1, 0.15) is 0 Å². The minimum Gasteiger partial charge on any atom is -0.478 e. The molecule has 1 rings (SSSR count). The van der Waals surface area contributed by atoms with E-state index < -0.39 is 5.97 Å². The fourth-order valence-electron chi connectivity index (χ4n) is 2.02. The highest BCUT2D eigenvalue weighted by atomic mass is 35.5. The van der Waals surface area contributed by atoms with Gasteiger partial charge in [0.05, 0.1) is 5.92 Å². The van der Waals surface area contributed by atoms with Crippen LogP contribution >= 0.6 is 11.6 Å². The van der Waals surface area contributed by atoms with Crippen LogP contribution in [0.3, 0.4) is 0 Å². The van der Waals surface area contributed by atoms with Crippen LogP contribution in [0.4, 0.5) is 5.69 Å². The summed E-state index contributed by atoms with van der Waals surface area (Å²) in [7, 11) is 3.43. The summed E-state index contributed by atoms with van der Waals surface area (Å²) in [6.45, 7) is 2.32. The average Bonchev–Trinajstić information content (AvgIpc) is 2.44. The molecule has 114 valence electrons. The van der Waals surface area contributed by atoms with Crippen molar-refractivity contribution < 1.29 is 14.7 Å². The van der Waals surface area contributed by atoms with Gasteiger partial charge in [-0.1, -0.05) is 24.6 Å². The lowest BCUT2D eigenvalue weighted by molar-refractivity contribution is -0.131. The number of amides is 1. The van der Waals surface area contributed by atoms with Gasteiger partial charge in [-0.15, -0.1) is 0 Å². The third kappa shape index (κ3) is 4.79.